The lowest BCUT2D eigenvalue weighted by Crippen LogP contribution is -2.46. The Balaban J connectivity index is 1.95. The van der Waals surface area contributed by atoms with Gasteiger partial charge in [-0.3, -0.25) is 4.79 Å². The van der Waals surface area contributed by atoms with Crippen LogP contribution in [0.15, 0.2) is 22.9 Å². The van der Waals surface area contributed by atoms with Gasteiger partial charge in [0, 0.05) is 30.9 Å². The second-order valence-corrected chi connectivity index (χ2v) is 7.42. The van der Waals surface area contributed by atoms with Gasteiger partial charge in [-0.15, -0.1) is 0 Å². The quantitative estimate of drug-likeness (QED) is 0.814. The number of aromatic nitrogens is 1. The number of nitrogens with zero attached hydrogens (tertiary/aromatic N) is 2. The number of piperidine rings is 1. The molecule has 1 aromatic rings. The first-order valence-electron chi connectivity index (χ1n) is 6.23. The summed E-state index contributed by atoms with van der Waals surface area (Å²) in [7, 11) is -3.19. The van der Waals surface area contributed by atoms with E-state index >= 15 is 0 Å². The molecule has 0 radical (unpaired) electrons. The summed E-state index contributed by atoms with van der Waals surface area (Å²) in [5, 5.41) is 0. The summed E-state index contributed by atoms with van der Waals surface area (Å²) in [4.78, 5) is 18.0. The first-order chi connectivity index (χ1) is 9.35. The normalized spacial score (nSPS) is 17.2. The average molecular weight is 362 g/mol. The third-order valence-electron chi connectivity index (χ3n) is 3.14. The Hall–Kier alpha value is -0.990. The maximum absolute atomic E-state index is 12.3. The second-order valence-electron chi connectivity index (χ2n) is 4.82. The molecule has 0 aliphatic carbocycles. The van der Waals surface area contributed by atoms with E-state index in [2.05, 4.69) is 25.6 Å². The minimum absolute atomic E-state index is 0.0501. The third-order valence-corrected chi connectivity index (χ3v) is 4.33. The molecule has 8 heteroatoms. The van der Waals surface area contributed by atoms with Crippen molar-refractivity contribution in [3.05, 3.63) is 28.5 Å². The van der Waals surface area contributed by atoms with Crippen molar-refractivity contribution >= 4 is 31.9 Å². The van der Waals surface area contributed by atoms with Gasteiger partial charge >= 0.3 is 0 Å². The Morgan fingerprint density at radius 3 is 2.65 bits per heavy atom. The number of carbonyl (C=O) groups excluding carboxylic acids is 1. The lowest BCUT2D eigenvalue weighted by molar-refractivity contribution is 0.0711. The highest BCUT2D eigenvalue weighted by Gasteiger charge is 2.25. The number of carbonyl (C=O) groups is 1. The molecule has 0 unspecified atom stereocenters. The summed E-state index contributed by atoms with van der Waals surface area (Å²) >= 11 is 3.24. The van der Waals surface area contributed by atoms with Crippen LogP contribution < -0.4 is 4.72 Å². The zero-order chi connectivity index (χ0) is 14.8. The van der Waals surface area contributed by atoms with Crippen molar-refractivity contribution in [3.8, 4) is 0 Å². The number of pyridine rings is 1. The van der Waals surface area contributed by atoms with Crippen LogP contribution in [0.2, 0.25) is 0 Å². The molecule has 1 fully saturated rings. The number of halogens is 1. The number of hydrogen-bond acceptors (Lipinski definition) is 4. The molecular formula is C12H16BrN3O3S. The molecule has 1 aromatic heterocycles. The van der Waals surface area contributed by atoms with Crippen molar-refractivity contribution in [3.63, 3.8) is 0 Å². The number of hydrogen-bond donors (Lipinski definition) is 1. The molecule has 6 nitrogen and oxygen atoms in total. The summed E-state index contributed by atoms with van der Waals surface area (Å²) in [6.07, 6.45) is 3.99. The molecule has 110 valence electrons. The maximum atomic E-state index is 12.3. The fourth-order valence-electron chi connectivity index (χ4n) is 2.22. The van der Waals surface area contributed by atoms with E-state index in [0.717, 1.165) is 6.26 Å². The topological polar surface area (TPSA) is 79.4 Å². The molecule has 0 atom stereocenters. The standard InChI is InChI=1S/C12H16BrN3O3S/c1-20(18,19)15-10-3-6-16(7-4-10)12(17)9-2-5-14-11(13)8-9/h2,5,8,10,15H,3-4,6-7H2,1H3. The first-order valence-corrected chi connectivity index (χ1v) is 8.92. The van der Waals surface area contributed by atoms with E-state index < -0.39 is 10.0 Å². The summed E-state index contributed by atoms with van der Waals surface area (Å²) in [5.41, 5.74) is 0.585. The summed E-state index contributed by atoms with van der Waals surface area (Å²) in [6, 6.07) is 3.27. The second kappa shape index (κ2) is 6.19. The Bertz CT molecular complexity index is 598. The predicted octanol–water partition coefficient (Wildman–Crippen LogP) is 0.998. The van der Waals surface area contributed by atoms with Gasteiger partial charge in [0.25, 0.3) is 5.91 Å². The fraction of sp³-hybridized carbons (Fsp3) is 0.500. The van der Waals surface area contributed by atoms with Crippen LogP contribution in [-0.4, -0.2) is 49.6 Å². The van der Waals surface area contributed by atoms with E-state index in [0.29, 0.717) is 36.1 Å². The largest absolute Gasteiger partial charge is 0.339 e. The molecule has 1 amide bonds. The molecule has 0 saturated carbocycles. The van der Waals surface area contributed by atoms with Gasteiger partial charge in [-0.1, -0.05) is 0 Å². The van der Waals surface area contributed by atoms with Gasteiger partial charge in [0.1, 0.15) is 4.60 Å². The van der Waals surface area contributed by atoms with Crippen LogP contribution in [0.1, 0.15) is 23.2 Å². The predicted molar refractivity (Wildman–Crippen MR) is 78.8 cm³/mol. The van der Waals surface area contributed by atoms with Gasteiger partial charge in [-0.05, 0) is 40.9 Å². The molecule has 2 heterocycles. The van der Waals surface area contributed by atoms with Gasteiger partial charge in [0.15, 0.2) is 0 Å². The smallest absolute Gasteiger partial charge is 0.254 e. The molecule has 1 saturated heterocycles. The number of nitrogens with one attached hydrogen (secondary N) is 1. The van der Waals surface area contributed by atoms with Crippen molar-refractivity contribution in [2.24, 2.45) is 0 Å². The number of amides is 1. The SMILES string of the molecule is CS(=O)(=O)NC1CCN(C(=O)c2ccnc(Br)c2)CC1. The van der Waals surface area contributed by atoms with Gasteiger partial charge in [-0.2, -0.15) is 0 Å². The highest BCUT2D eigenvalue weighted by Crippen LogP contribution is 2.16. The third kappa shape index (κ3) is 4.26. The van der Waals surface area contributed by atoms with Crippen LogP contribution >= 0.6 is 15.9 Å². The molecule has 20 heavy (non-hydrogen) atoms. The molecule has 0 bridgehead atoms. The molecular weight excluding hydrogens is 346 g/mol. The zero-order valence-electron chi connectivity index (χ0n) is 11.0. The van der Waals surface area contributed by atoms with Crippen LogP contribution in [0, 0.1) is 0 Å². The van der Waals surface area contributed by atoms with Crippen LogP contribution in [0.4, 0.5) is 0 Å². The molecule has 1 N–H and O–H groups in total. The molecule has 1 aliphatic heterocycles. The minimum Gasteiger partial charge on any atom is -0.339 e. The fourth-order valence-corrected chi connectivity index (χ4v) is 3.43. The highest BCUT2D eigenvalue weighted by molar-refractivity contribution is 9.10. The average Bonchev–Trinajstić information content (AvgIpc) is 2.37. The van der Waals surface area contributed by atoms with E-state index in [1.54, 1.807) is 23.2 Å². The summed E-state index contributed by atoms with van der Waals surface area (Å²) in [6.45, 7) is 1.10. The molecule has 2 rings (SSSR count). The Morgan fingerprint density at radius 1 is 1.45 bits per heavy atom. The molecule has 0 spiro atoms. The number of sulfonamides is 1. The van der Waals surface area contributed by atoms with E-state index in [9.17, 15) is 13.2 Å². The minimum atomic E-state index is -3.19. The number of rotatable bonds is 3. The summed E-state index contributed by atoms with van der Waals surface area (Å²) in [5.74, 6) is -0.0501. The molecule has 1 aliphatic rings. The lowest BCUT2D eigenvalue weighted by atomic mass is 10.1. The van der Waals surface area contributed by atoms with E-state index in [4.69, 9.17) is 0 Å². The van der Waals surface area contributed by atoms with Crippen LogP contribution in [0.3, 0.4) is 0 Å². The van der Waals surface area contributed by atoms with E-state index in [1.165, 1.54) is 0 Å². The van der Waals surface area contributed by atoms with Gasteiger partial charge in [-0.25, -0.2) is 18.1 Å². The van der Waals surface area contributed by atoms with Gasteiger partial charge in [0.05, 0.1) is 6.26 Å². The Kier molecular flexibility index (Phi) is 4.77. The van der Waals surface area contributed by atoms with E-state index in [1.807, 2.05) is 0 Å². The maximum Gasteiger partial charge on any atom is 0.254 e. The van der Waals surface area contributed by atoms with Gasteiger partial charge in [0.2, 0.25) is 10.0 Å². The van der Waals surface area contributed by atoms with Crippen molar-refractivity contribution in [2.45, 2.75) is 18.9 Å². The molecule has 0 aromatic carbocycles. The zero-order valence-corrected chi connectivity index (χ0v) is 13.4. The van der Waals surface area contributed by atoms with Crippen LogP contribution in [-0.2, 0) is 10.0 Å². The van der Waals surface area contributed by atoms with Crippen LogP contribution in [0.25, 0.3) is 0 Å². The van der Waals surface area contributed by atoms with Crippen molar-refractivity contribution < 1.29 is 13.2 Å². The monoisotopic (exact) mass is 361 g/mol. The Morgan fingerprint density at radius 2 is 2.10 bits per heavy atom. The first kappa shape index (κ1) is 15.4. The van der Waals surface area contributed by atoms with Crippen molar-refractivity contribution in [1.82, 2.24) is 14.6 Å². The van der Waals surface area contributed by atoms with E-state index in [-0.39, 0.29) is 11.9 Å². The highest BCUT2D eigenvalue weighted by atomic mass is 79.9. The Labute approximate surface area is 126 Å². The van der Waals surface area contributed by atoms with Crippen LogP contribution in [0.5, 0.6) is 0 Å². The lowest BCUT2D eigenvalue weighted by Gasteiger charge is -2.32. The van der Waals surface area contributed by atoms with Gasteiger partial charge < -0.3 is 4.90 Å². The summed E-state index contributed by atoms with van der Waals surface area (Å²) < 4.78 is 25.5. The van der Waals surface area contributed by atoms with Crippen molar-refractivity contribution in [1.29, 1.82) is 0 Å². The number of likely N-dealkylation sites (tertiary alicyclic amines) is 1. The van der Waals surface area contributed by atoms with Crippen molar-refractivity contribution in [2.75, 3.05) is 19.3 Å².